The number of hydrogen-bond donors (Lipinski definition) is 2. The van der Waals surface area contributed by atoms with Gasteiger partial charge in [-0.15, -0.1) is 10.2 Å². The third-order valence-corrected chi connectivity index (χ3v) is 5.44. The molecule has 2 fully saturated rings. The molecule has 2 amide bonds. The fourth-order valence-electron chi connectivity index (χ4n) is 3.95. The van der Waals surface area contributed by atoms with Crippen LogP contribution in [0.3, 0.4) is 0 Å². The van der Waals surface area contributed by atoms with E-state index >= 15 is 0 Å². The molecule has 8 nitrogen and oxygen atoms in total. The highest BCUT2D eigenvalue weighted by Gasteiger charge is 2.32. The Balaban J connectivity index is 1.36. The Bertz CT molecular complexity index is 800. The van der Waals surface area contributed by atoms with E-state index in [4.69, 9.17) is 4.42 Å². The highest BCUT2D eigenvalue weighted by molar-refractivity contribution is 5.92. The lowest BCUT2D eigenvalue weighted by atomic mass is 10.2. The van der Waals surface area contributed by atoms with Crippen molar-refractivity contribution in [2.24, 2.45) is 0 Å². The minimum Gasteiger partial charge on any atom is -0.467 e. The van der Waals surface area contributed by atoms with Crippen molar-refractivity contribution in [2.75, 3.05) is 11.4 Å². The maximum absolute atomic E-state index is 12.6. The lowest BCUT2D eigenvalue weighted by Crippen LogP contribution is -2.43. The molecule has 28 heavy (non-hydrogen) atoms. The van der Waals surface area contributed by atoms with E-state index in [1.807, 2.05) is 11.0 Å². The fraction of sp³-hybridized carbons (Fsp3) is 0.500. The standard InChI is InChI=1S/C20H25N5O3/c26-19(22-14-5-1-2-6-14)16-9-10-18(24-23-16)25-11-3-8-17(25)20(27)21-13-15-7-4-12-28-15/h4,7,9-10,12,14,17H,1-3,5-6,8,11,13H2,(H,21,27)(H,22,26)/t17-/m1/s1. The van der Waals surface area contributed by atoms with Crippen LogP contribution in [-0.2, 0) is 11.3 Å². The van der Waals surface area contributed by atoms with Crippen molar-refractivity contribution in [3.8, 4) is 0 Å². The molecule has 148 valence electrons. The summed E-state index contributed by atoms with van der Waals surface area (Å²) >= 11 is 0. The molecule has 4 rings (SSSR count). The van der Waals surface area contributed by atoms with E-state index in [9.17, 15) is 9.59 Å². The normalized spacial score (nSPS) is 19.7. The van der Waals surface area contributed by atoms with Gasteiger partial charge in [-0.2, -0.15) is 0 Å². The number of hydrogen-bond acceptors (Lipinski definition) is 6. The van der Waals surface area contributed by atoms with E-state index in [-0.39, 0.29) is 23.9 Å². The van der Waals surface area contributed by atoms with Crippen molar-refractivity contribution >= 4 is 17.6 Å². The Hall–Kier alpha value is -2.90. The number of anilines is 1. The van der Waals surface area contributed by atoms with Gasteiger partial charge in [-0.3, -0.25) is 9.59 Å². The van der Waals surface area contributed by atoms with E-state index in [1.54, 1.807) is 24.5 Å². The molecule has 0 bridgehead atoms. The molecular formula is C20H25N5O3. The van der Waals surface area contributed by atoms with Gasteiger partial charge in [0.05, 0.1) is 12.8 Å². The van der Waals surface area contributed by atoms with Crippen molar-refractivity contribution in [2.45, 2.75) is 57.2 Å². The van der Waals surface area contributed by atoms with Crippen molar-refractivity contribution < 1.29 is 14.0 Å². The largest absolute Gasteiger partial charge is 0.467 e. The summed E-state index contributed by atoms with van der Waals surface area (Å²) in [5.41, 5.74) is 0.314. The zero-order chi connectivity index (χ0) is 19.3. The summed E-state index contributed by atoms with van der Waals surface area (Å²) in [7, 11) is 0. The average molecular weight is 383 g/mol. The molecule has 8 heteroatoms. The number of aromatic nitrogens is 2. The predicted molar refractivity (Wildman–Crippen MR) is 103 cm³/mol. The van der Waals surface area contributed by atoms with Gasteiger partial charge in [0.25, 0.3) is 5.91 Å². The topological polar surface area (TPSA) is 100 Å². The number of nitrogens with one attached hydrogen (secondary N) is 2. The van der Waals surface area contributed by atoms with Crippen molar-refractivity contribution in [3.63, 3.8) is 0 Å². The number of carbonyl (C=O) groups is 2. The molecule has 2 aromatic rings. The number of nitrogens with zero attached hydrogens (tertiary/aromatic N) is 3. The van der Waals surface area contributed by atoms with Crippen molar-refractivity contribution in [1.82, 2.24) is 20.8 Å². The molecule has 0 unspecified atom stereocenters. The van der Waals surface area contributed by atoms with Crippen molar-refractivity contribution in [3.05, 3.63) is 42.0 Å². The minimum absolute atomic E-state index is 0.0567. The summed E-state index contributed by atoms with van der Waals surface area (Å²) in [6, 6.07) is 7.03. The Morgan fingerprint density at radius 1 is 1.11 bits per heavy atom. The first-order valence-corrected chi connectivity index (χ1v) is 9.92. The zero-order valence-corrected chi connectivity index (χ0v) is 15.8. The molecule has 0 radical (unpaired) electrons. The van der Waals surface area contributed by atoms with Gasteiger partial charge in [0.2, 0.25) is 5.91 Å². The molecule has 1 saturated heterocycles. The van der Waals surface area contributed by atoms with Crippen LogP contribution >= 0.6 is 0 Å². The van der Waals surface area contributed by atoms with Crippen LogP contribution < -0.4 is 15.5 Å². The van der Waals surface area contributed by atoms with Gasteiger partial charge in [0, 0.05) is 12.6 Å². The first kappa shape index (κ1) is 18.5. The second-order valence-electron chi connectivity index (χ2n) is 7.38. The second kappa shape index (κ2) is 8.41. The maximum Gasteiger partial charge on any atom is 0.272 e. The molecule has 0 aromatic carbocycles. The zero-order valence-electron chi connectivity index (χ0n) is 15.8. The minimum atomic E-state index is -0.289. The highest BCUT2D eigenvalue weighted by atomic mass is 16.3. The average Bonchev–Trinajstić information content (AvgIpc) is 3.48. The van der Waals surface area contributed by atoms with Gasteiger partial charge >= 0.3 is 0 Å². The van der Waals surface area contributed by atoms with Gasteiger partial charge in [0.1, 0.15) is 11.8 Å². The van der Waals surface area contributed by atoms with Crippen LogP contribution in [-0.4, -0.2) is 40.6 Å². The van der Waals surface area contributed by atoms with E-state index in [1.165, 1.54) is 0 Å². The molecule has 1 aliphatic heterocycles. The molecule has 2 aliphatic rings. The quantitative estimate of drug-likeness (QED) is 0.792. The number of furan rings is 1. The van der Waals surface area contributed by atoms with Gasteiger partial charge in [0.15, 0.2) is 11.5 Å². The summed E-state index contributed by atoms with van der Waals surface area (Å²) in [5, 5.41) is 14.2. The van der Waals surface area contributed by atoms with E-state index in [2.05, 4.69) is 20.8 Å². The van der Waals surface area contributed by atoms with Crippen LogP contribution in [0.15, 0.2) is 34.9 Å². The van der Waals surface area contributed by atoms with Crippen LogP contribution in [0.1, 0.15) is 54.8 Å². The maximum atomic E-state index is 12.6. The summed E-state index contributed by atoms with van der Waals surface area (Å²) in [6.07, 6.45) is 7.63. The van der Waals surface area contributed by atoms with Gasteiger partial charge in [-0.25, -0.2) is 0 Å². The number of amides is 2. The molecular weight excluding hydrogens is 358 g/mol. The number of rotatable bonds is 6. The van der Waals surface area contributed by atoms with Crippen LogP contribution in [0.25, 0.3) is 0 Å². The van der Waals surface area contributed by atoms with E-state index in [0.29, 0.717) is 18.1 Å². The number of carbonyl (C=O) groups excluding carboxylic acids is 2. The first-order valence-electron chi connectivity index (χ1n) is 9.92. The fourth-order valence-corrected chi connectivity index (χ4v) is 3.95. The molecule has 1 aliphatic carbocycles. The third-order valence-electron chi connectivity index (χ3n) is 5.44. The van der Waals surface area contributed by atoms with E-state index in [0.717, 1.165) is 50.8 Å². The first-order chi connectivity index (χ1) is 13.7. The smallest absolute Gasteiger partial charge is 0.272 e. The molecule has 3 heterocycles. The van der Waals surface area contributed by atoms with Crippen LogP contribution in [0.4, 0.5) is 5.82 Å². The molecule has 2 aromatic heterocycles. The second-order valence-corrected chi connectivity index (χ2v) is 7.38. The summed E-state index contributed by atoms with van der Waals surface area (Å²) in [4.78, 5) is 26.8. The van der Waals surface area contributed by atoms with Gasteiger partial charge in [-0.1, -0.05) is 12.8 Å². The third kappa shape index (κ3) is 4.16. The van der Waals surface area contributed by atoms with E-state index < -0.39 is 0 Å². The van der Waals surface area contributed by atoms with Crippen LogP contribution in [0.5, 0.6) is 0 Å². The van der Waals surface area contributed by atoms with Gasteiger partial charge < -0.3 is 20.0 Å². The Kier molecular flexibility index (Phi) is 5.55. The summed E-state index contributed by atoms with van der Waals surface area (Å²) < 4.78 is 5.25. The highest BCUT2D eigenvalue weighted by Crippen LogP contribution is 2.24. The molecule has 2 N–H and O–H groups in total. The lowest BCUT2D eigenvalue weighted by molar-refractivity contribution is -0.122. The van der Waals surface area contributed by atoms with Gasteiger partial charge in [-0.05, 0) is 49.9 Å². The Morgan fingerprint density at radius 3 is 2.68 bits per heavy atom. The lowest BCUT2D eigenvalue weighted by Gasteiger charge is -2.24. The Morgan fingerprint density at radius 2 is 1.96 bits per heavy atom. The SMILES string of the molecule is O=C(NC1CCCC1)c1ccc(N2CCC[C@@H]2C(=O)NCc2ccco2)nn1. The monoisotopic (exact) mass is 383 g/mol. The molecule has 1 atom stereocenters. The van der Waals surface area contributed by atoms with Crippen LogP contribution in [0.2, 0.25) is 0 Å². The molecule has 1 saturated carbocycles. The summed E-state index contributed by atoms with van der Waals surface area (Å²) in [5.74, 6) is 1.10. The van der Waals surface area contributed by atoms with Crippen LogP contribution in [0, 0.1) is 0 Å². The Labute approximate surface area is 163 Å². The summed E-state index contributed by atoms with van der Waals surface area (Å²) in [6.45, 7) is 1.10. The molecule has 0 spiro atoms. The van der Waals surface area contributed by atoms with Crippen molar-refractivity contribution in [1.29, 1.82) is 0 Å². The predicted octanol–water partition coefficient (Wildman–Crippen LogP) is 2.03.